The van der Waals surface area contributed by atoms with Gasteiger partial charge in [-0.05, 0) is 13.8 Å². The number of hydrogen-bond donors (Lipinski definition) is 0. The van der Waals surface area contributed by atoms with Crippen molar-refractivity contribution >= 4 is 17.4 Å². The van der Waals surface area contributed by atoms with Crippen LogP contribution in [0.4, 0.5) is 5.69 Å². The number of esters is 1. The Hall–Kier alpha value is -2.65. The number of nitrogens with zero attached hydrogens (tertiary/aromatic N) is 2. The molecule has 0 spiro atoms. The van der Waals surface area contributed by atoms with Crippen LogP contribution in [0.25, 0.3) is 0 Å². The average Bonchev–Trinajstić information content (AvgIpc) is 2.55. The van der Waals surface area contributed by atoms with Gasteiger partial charge in [0.2, 0.25) is 12.3 Å². The van der Waals surface area contributed by atoms with Crippen molar-refractivity contribution in [2.75, 3.05) is 6.61 Å². The summed E-state index contributed by atoms with van der Waals surface area (Å²) >= 11 is 0. The number of halogens is 1. The van der Waals surface area contributed by atoms with E-state index in [0.717, 1.165) is 0 Å². The van der Waals surface area contributed by atoms with Crippen molar-refractivity contribution in [1.82, 2.24) is 0 Å². The Morgan fingerprint density at radius 2 is 1.77 bits per heavy atom. The largest absolute Gasteiger partial charge is 1.00 e. The standard InChI is InChI=1S/C17H17N2O5.BrH.H2O/c1-3-24-17(21)13-6-8-18(9-7-13)11-16(20)14-5-4-12(2)15(10-14)19(22)23;;/h4-10H,3,11H2,1-2H3;1H;1H2/q+1;;/p-1. The molecule has 1 heterocycles. The second-order valence-electron chi connectivity index (χ2n) is 5.16. The van der Waals surface area contributed by atoms with Gasteiger partial charge in [-0.3, -0.25) is 14.9 Å². The summed E-state index contributed by atoms with van der Waals surface area (Å²) in [7, 11) is 0. The van der Waals surface area contributed by atoms with Gasteiger partial charge in [0, 0.05) is 29.3 Å². The third-order valence-corrected chi connectivity index (χ3v) is 3.46. The van der Waals surface area contributed by atoms with Gasteiger partial charge in [0.15, 0.2) is 12.4 Å². The summed E-state index contributed by atoms with van der Waals surface area (Å²) in [6, 6.07) is 7.52. The van der Waals surface area contributed by atoms with Crippen molar-refractivity contribution < 1.29 is 46.3 Å². The average molecular weight is 427 g/mol. The molecule has 8 nitrogen and oxygen atoms in total. The zero-order chi connectivity index (χ0) is 17.7. The van der Waals surface area contributed by atoms with Crippen LogP contribution < -0.4 is 21.5 Å². The SMILES string of the molecule is CCOC(=O)c1cc[n+](CC(=O)c2ccc(C)c([N+](=O)[O-])c2)cc1.O.[Br-]. The molecule has 2 N–H and O–H groups in total. The second-order valence-corrected chi connectivity index (χ2v) is 5.16. The number of hydrogen-bond acceptors (Lipinski definition) is 5. The molecule has 0 fully saturated rings. The number of carbonyl (C=O) groups excluding carboxylic acids is 2. The lowest BCUT2D eigenvalue weighted by molar-refractivity contribution is -0.683. The fourth-order valence-electron chi connectivity index (χ4n) is 2.15. The predicted molar refractivity (Wildman–Crippen MR) is 88.4 cm³/mol. The van der Waals surface area contributed by atoms with Crippen LogP contribution >= 0.6 is 0 Å². The van der Waals surface area contributed by atoms with E-state index in [1.807, 2.05) is 0 Å². The molecule has 0 saturated carbocycles. The van der Waals surface area contributed by atoms with Crippen LogP contribution in [0, 0.1) is 17.0 Å². The minimum Gasteiger partial charge on any atom is -1.00 e. The zero-order valence-corrected chi connectivity index (χ0v) is 15.9. The van der Waals surface area contributed by atoms with Gasteiger partial charge in [0.1, 0.15) is 0 Å². The molecule has 0 unspecified atom stereocenters. The summed E-state index contributed by atoms with van der Waals surface area (Å²) in [5.74, 6) is -0.683. The molecule has 0 amide bonds. The molecule has 0 bridgehead atoms. The van der Waals surface area contributed by atoms with Crippen molar-refractivity contribution in [2.24, 2.45) is 0 Å². The van der Waals surface area contributed by atoms with Crippen molar-refractivity contribution in [3.05, 3.63) is 69.5 Å². The number of carbonyl (C=O) groups is 2. The maximum atomic E-state index is 12.3. The smallest absolute Gasteiger partial charge is 0.338 e. The van der Waals surface area contributed by atoms with E-state index >= 15 is 0 Å². The van der Waals surface area contributed by atoms with Gasteiger partial charge >= 0.3 is 5.97 Å². The molecule has 0 saturated heterocycles. The number of pyridine rings is 1. The number of nitro benzene ring substituents is 1. The van der Waals surface area contributed by atoms with E-state index in [4.69, 9.17) is 4.74 Å². The lowest BCUT2D eigenvalue weighted by Gasteiger charge is -2.02. The Labute approximate surface area is 160 Å². The summed E-state index contributed by atoms with van der Waals surface area (Å²) in [4.78, 5) is 34.3. The number of Topliss-reactive ketones (excluding diaryl/α,β-unsaturated/α-hetero) is 1. The Kier molecular flexibility index (Phi) is 9.31. The minimum atomic E-state index is -0.507. The molecule has 1 aromatic carbocycles. The lowest BCUT2D eigenvalue weighted by atomic mass is 10.1. The molecular formula is C17H19BrN2O6. The van der Waals surface area contributed by atoms with Crippen molar-refractivity contribution in [3.8, 4) is 0 Å². The van der Waals surface area contributed by atoms with Gasteiger partial charge < -0.3 is 27.2 Å². The van der Waals surface area contributed by atoms with Crippen molar-refractivity contribution in [1.29, 1.82) is 0 Å². The van der Waals surface area contributed by atoms with E-state index in [-0.39, 0.29) is 46.0 Å². The number of aromatic nitrogens is 1. The molecule has 9 heteroatoms. The topological polar surface area (TPSA) is 122 Å². The third-order valence-electron chi connectivity index (χ3n) is 3.46. The molecular weight excluding hydrogens is 408 g/mol. The van der Waals surface area contributed by atoms with Gasteiger partial charge in [0.05, 0.1) is 17.1 Å². The van der Waals surface area contributed by atoms with E-state index in [2.05, 4.69) is 0 Å². The van der Waals surface area contributed by atoms with Crippen LogP contribution in [0.15, 0.2) is 42.7 Å². The molecule has 0 aliphatic heterocycles. The first-order chi connectivity index (χ1) is 11.4. The molecule has 0 aliphatic rings. The highest BCUT2D eigenvalue weighted by molar-refractivity contribution is 5.95. The predicted octanol–water partition coefficient (Wildman–Crippen LogP) is -1.57. The number of nitro groups is 1. The van der Waals surface area contributed by atoms with E-state index in [1.165, 1.54) is 6.07 Å². The molecule has 26 heavy (non-hydrogen) atoms. The van der Waals surface area contributed by atoms with Crippen LogP contribution in [-0.2, 0) is 11.3 Å². The van der Waals surface area contributed by atoms with Crippen LogP contribution in [0.2, 0.25) is 0 Å². The number of ketones is 1. The van der Waals surface area contributed by atoms with Gasteiger partial charge in [-0.1, -0.05) is 12.1 Å². The quantitative estimate of drug-likeness (QED) is 0.181. The summed E-state index contributed by atoms with van der Waals surface area (Å²) in [5, 5.41) is 11.0. The molecule has 0 radical (unpaired) electrons. The normalized spacial score (nSPS) is 9.46. The van der Waals surface area contributed by atoms with E-state index < -0.39 is 10.9 Å². The van der Waals surface area contributed by atoms with E-state index in [1.54, 1.807) is 55.1 Å². The van der Waals surface area contributed by atoms with Gasteiger partial charge in [-0.15, -0.1) is 0 Å². The third kappa shape index (κ3) is 5.71. The number of rotatable bonds is 6. The summed E-state index contributed by atoms with van der Waals surface area (Å²) < 4.78 is 6.48. The molecule has 140 valence electrons. The Bertz CT molecular complexity index is 792. The number of benzene rings is 1. The molecule has 2 rings (SSSR count). The maximum absolute atomic E-state index is 12.3. The fourth-order valence-corrected chi connectivity index (χ4v) is 2.15. The Balaban J connectivity index is 0.00000312. The molecule has 0 aliphatic carbocycles. The van der Waals surface area contributed by atoms with Crippen LogP contribution in [-0.4, -0.2) is 28.8 Å². The number of aryl methyl sites for hydroxylation is 1. The van der Waals surface area contributed by atoms with Crippen LogP contribution in [0.5, 0.6) is 0 Å². The van der Waals surface area contributed by atoms with E-state index in [9.17, 15) is 19.7 Å². The number of ether oxygens (including phenoxy) is 1. The molecule has 2 aromatic rings. The van der Waals surface area contributed by atoms with Crippen LogP contribution in [0.3, 0.4) is 0 Å². The summed E-state index contributed by atoms with van der Waals surface area (Å²) in [6.07, 6.45) is 3.18. The van der Waals surface area contributed by atoms with E-state index in [0.29, 0.717) is 17.7 Å². The monoisotopic (exact) mass is 426 g/mol. The maximum Gasteiger partial charge on any atom is 0.338 e. The Morgan fingerprint density at radius 1 is 1.15 bits per heavy atom. The fraction of sp³-hybridized carbons (Fsp3) is 0.235. The first-order valence-corrected chi connectivity index (χ1v) is 7.37. The highest BCUT2D eigenvalue weighted by Gasteiger charge is 2.18. The highest BCUT2D eigenvalue weighted by atomic mass is 79.9. The first-order valence-electron chi connectivity index (χ1n) is 7.37. The summed E-state index contributed by atoms with van der Waals surface area (Å²) in [6.45, 7) is 3.65. The zero-order valence-electron chi connectivity index (χ0n) is 14.3. The van der Waals surface area contributed by atoms with Gasteiger partial charge in [-0.25, -0.2) is 4.79 Å². The Morgan fingerprint density at radius 3 is 2.31 bits per heavy atom. The lowest BCUT2D eigenvalue weighted by Crippen LogP contribution is -3.00. The van der Waals surface area contributed by atoms with Crippen molar-refractivity contribution in [2.45, 2.75) is 20.4 Å². The van der Waals surface area contributed by atoms with Gasteiger partial charge in [-0.2, -0.15) is 4.57 Å². The highest BCUT2D eigenvalue weighted by Crippen LogP contribution is 2.19. The second kappa shape index (κ2) is 10.4. The first kappa shape index (κ1) is 23.4. The summed E-state index contributed by atoms with van der Waals surface area (Å²) in [5.41, 5.74) is 1.09. The molecule has 1 aromatic heterocycles. The van der Waals surface area contributed by atoms with Gasteiger partial charge in [0.25, 0.3) is 5.69 Å². The molecule has 0 atom stereocenters. The minimum absolute atomic E-state index is 0. The van der Waals surface area contributed by atoms with Crippen molar-refractivity contribution in [3.63, 3.8) is 0 Å². The van der Waals surface area contributed by atoms with Crippen LogP contribution in [0.1, 0.15) is 33.2 Å².